The van der Waals surface area contributed by atoms with Gasteiger partial charge in [-0.25, -0.2) is 0 Å². The van der Waals surface area contributed by atoms with Crippen molar-refractivity contribution in [3.05, 3.63) is 29.8 Å². The second-order valence-electron chi connectivity index (χ2n) is 4.12. The zero-order valence-electron chi connectivity index (χ0n) is 10.4. The first-order valence-electron chi connectivity index (χ1n) is 5.80. The Morgan fingerprint density at radius 1 is 1.35 bits per heavy atom. The predicted molar refractivity (Wildman–Crippen MR) is 68.0 cm³/mol. The van der Waals surface area contributed by atoms with Crippen LogP contribution in [0.25, 0.3) is 0 Å². The van der Waals surface area contributed by atoms with E-state index in [1.165, 1.54) is 0 Å². The molecule has 17 heavy (non-hydrogen) atoms. The molecule has 94 valence electrons. The molecule has 0 aromatic heterocycles. The molecule has 0 unspecified atom stereocenters. The van der Waals surface area contributed by atoms with Crippen molar-refractivity contribution >= 4 is 5.91 Å². The van der Waals surface area contributed by atoms with Gasteiger partial charge in [0.05, 0.1) is 6.42 Å². The highest BCUT2D eigenvalue weighted by atomic mass is 16.3. The van der Waals surface area contributed by atoms with Gasteiger partial charge in [0.15, 0.2) is 0 Å². The summed E-state index contributed by atoms with van der Waals surface area (Å²) in [7, 11) is 3.72. The van der Waals surface area contributed by atoms with E-state index in [4.69, 9.17) is 5.11 Å². The summed E-state index contributed by atoms with van der Waals surface area (Å²) in [6.45, 7) is 1.68. The van der Waals surface area contributed by atoms with Gasteiger partial charge in [-0.15, -0.1) is 0 Å². The monoisotopic (exact) mass is 236 g/mol. The second-order valence-corrected chi connectivity index (χ2v) is 4.12. The van der Waals surface area contributed by atoms with Gasteiger partial charge in [-0.2, -0.15) is 0 Å². The smallest absolute Gasteiger partial charge is 0.226 e. The molecule has 4 heteroatoms. The maximum atomic E-state index is 11.8. The molecule has 0 aliphatic rings. The number of nitrogens with one attached hydrogen (secondary N) is 1. The van der Waals surface area contributed by atoms with Crippen LogP contribution in [-0.2, 0) is 11.2 Å². The molecule has 0 aliphatic carbocycles. The summed E-state index contributed by atoms with van der Waals surface area (Å²) in [6.07, 6.45) is 1.34. The van der Waals surface area contributed by atoms with E-state index in [1.54, 1.807) is 29.2 Å². The normalized spacial score (nSPS) is 10.2. The Balaban J connectivity index is 2.40. The van der Waals surface area contributed by atoms with Crippen molar-refractivity contribution in [2.24, 2.45) is 0 Å². The number of phenolic OH excluding ortho intramolecular Hbond substituents is 1. The average Bonchev–Trinajstić information content (AvgIpc) is 2.32. The van der Waals surface area contributed by atoms with Crippen molar-refractivity contribution in [1.29, 1.82) is 0 Å². The molecule has 0 saturated carbocycles. The first kappa shape index (κ1) is 13.5. The molecule has 1 aromatic rings. The van der Waals surface area contributed by atoms with Gasteiger partial charge in [-0.3, -0.25) is 4.79 Å². The fourth-order valence-corrected chi connectivity index (χ4v) is 1.54. The van der Waals surface area contributed by atoms with Gasteiger partial charge >= 0.3 is 0 Å². The summed E-state index contributed by atoms with van der Waals surface area (Å²) in [5.74, 6) is 0.329. The van der Waals surface area contributed by atoms with Crippen LogP contribution >= 0.6 is 0 Å². The first-order valence-corrected chi connectivity index (χ1v) is 5.80. The van der Waals surface area contributed by atoms with Crippen molar-refractivity contribution in [1.82, 2.24) is 10.2 Å². The molecule has 0 fully saturated rings. The number of hydrogen-bond donors (Lipinski definition) is 2. The lowest BCUT2D eigenvalue weighted by atomic mass is 10.1. The van der Waals surface area contributed by atoms with Gasteiger partial charge < -0.3 is 15.3 Å². The SMILES string of the molecule is CNCCCN(C)C(=O)Cc1ccc(O)cc1. The third-order valence-electron chi connectivity index (χ3n) is 2.64. The molecule has 0 atom stereocenters. The number of nitrogens with zero attached hydrogens (tertiary/aromatic N) is 1. The van der Waals surface area contributed by atoms with Gasteiger partial charge in [0.2, 0.25) is 5.91 Å². The van der Waals surface area contributed by atoms with E-state index in [0.29, 0.717) is 6.42 Å². The summed E-state index contributed by atoms with van der Waals surface area (Å²) >= 11 is 0. The quantitative estimate of drug-likeness (QED) is 0.725. The van der Waals surface area contributed by atoms with Crippen molar-refractivity contribution in [3.63, 3.8) is 0 Å². The predicted octanol–water partition coefficient (Wildman–Crippen LogP) is 1.00. The van der Waals surface area contributed by atoms with E-state index < -0.39 is 0 Å². The topological polar surface area (TPSA) is 52.6 Å². The lowest BCUT2D eigenvalue weighted by molar-refractivity contribution is -0.129. The van der Waals surface area contributed by atoms with Crippen LogP contribution in [0, 0.1) is 0 Å². The van der Waals surface area contributed by atoms with Gasteiger partial charge in [0, 0.05) is 13.6 Å². The highest BCUT2D eigenvalue weighted by Gasteiger charge is 2.08. The van der Waals surface area contributed by atoms with E-state index in [1.807, 2.05) is 14.1 Å². The van der Waals surface area contributed by atoms with Crippen LogP contribution in [0.15, 0.2) is 24.3 Å². The van der Waals surface area contributed by atoms with E-state index in [-0.39, 0.29) is 11.7 Å². The van der Waals surface area contributed by atoms with Crippen LogP contribution in [0.1, 0.15) is 12.0 Å². The second kappa shape index (κ2) is 6.91. The van der Waals surface area contributed by atoms with Crippen LogP contribution in [0.3, 0.4) is 0 Å². The Morgan fingerprint density at radius 3 is 2.59 bits per heavy atom. The van der Waals surface area contributed by atoms with Crippen molar-refractivity contribution in [3.8, 4) is 5.75 Å². The minimum Gasteiger partial charge on any atom is -0.508 e. The molecule has 0 heterocycles. The number of benzene rings is 1. The summed E-state index contributed by atoms with van der Waals surface area (Å²) < 4.78 is 0. The molecule has 1 amide bonds. The van der Waals surface area contributed by atoms with Crippen LogP contribution < -0.4 is 5.32 Å². The summed E-state index contributed by atoms with van der Waals surface area (Å²) in [5.41, 5.74) is 0.924. The minimum atomic E-state index is 0.104. The number of aromatic hydroxyl groups is 1. The summed E-state index contributed by atoms with van der Waals surface area (Å²) in [5, 5.41) is 12.2. The molecule has 1 rings (SSSR count). The fraction of sp³-hybridized carbons (Fsp3) is 0.462. The number of amides is 1. The van der Waals surface area contributed by atoms with E-state index in [9.17, 15) is 4.79 Å². The number of phenols is 1. The zero-order chi connectivity index (χ0) is 12.7. The van der Waals surface area contributed by atoms with Crippen LogP contribution in [0.4, 0.5) is 0 Å². The Morgan fingerprint density at radius 2 is 2.00 bits per heavy atom. The molecule has 0 bridgehead atoms. The number of rotatable bonds is 6. The third-order valence-corrected chi connectivity index (χ3v) is 2.64. The number of hydrogen-bond acceptors (Lipinski definition) is 3. The Hall–Kier alpha value is -1.55. The summed E-state index contributed by atoms with van der Waals surface area (Å²) in [4.78, 5) is 13.6. The Bertz CT molecular complexity index is 349. The Labute approximate surface area is 102 Å². The van der Waals surface area contributed by atoms with E-state index >= 15 is 0 Å². The molecular formula is C13H20N2O2. The van der Waals surface area contributed by atoms with Crippen LogP contribution in [-0.4, -0.2) is 43.1 Å². The molecule has 0 aliphatic heterocycles. The number of likely N-dealkylation sites (N-methyl/N-ethyl adjacent to an activating group) is 1. The zero-order valence-corrected chi connectivity index (χ0v) is 10.4. The highest BCUT2D eigenvalue weighted by Crippen LogP contribution is 2.10. The lowest BCUT2D eigenvalue weighted by Crippen LogP contribution is -2.30. The van der Waals surface area contributed by atoms with Crippen LogP contribution in [0.5, 0.6) is 5.75 Å². The highest BCUT2D eigenvalue weighted by molar-refractivity contribution is 5.78. The molecule has 1 aromatic carbocycles. The third kappa shape index (κ3) is 4.87. The molecule has 4 nitrogen and oxygen atoms in total. The lowest BCUT2D eigenvalue weighted by Gasteiger charge is -2.17. The minimum absolute atomic E-state index is 0.104. The van der Waals surface area contributed by atoms with Crippen molar-refractivity contribution in [2.75, 3.05) is 27.2 Å². The van der Waals surface area contributed by atoms with E-state index in [0.717, 1.165) is 25.1 Å². The molecule has 0 radical (unpaired) electrons. The number of carbonyl (C=O) groups excluding carboxylic acids is 1. The molecule has 2 N–H and O–H groups in total. The van der Waals surface area contributed by atoms with Gasteiger partial charge in [0.1, 0.15) is 5.75 Å². The fourth-order valence-electron chi connectivity index (χ4n) is 1.54. The van der Waals surface area contributed by atoms with Crippen LogP contribution in [0.2, 0.25) is 0 Å². The van der Waals surface area contributed by atoms with Gasteiger partial charge in [-0.05, 0) is 37.7 Å². The molecule has 0 spiro atoms. The van der Waals surface area contributed by atoms with Gasteiger partial charge in [-0.1, -0.05) is 12.1 Å². The van der Waals surface area contributed by atoms with Crippen molar-refractivity contribution < 1.29 is 9.90 Å². The summed E-state index contributed by atoms with van der Waals surface area (Å²) in [6, 6.07) is 6.75. The number of carbonyl (C=O) groups is 1. The maximum Gasteiger partial charge on any atom is 0.226 e. The molecular weight excluding hydrogens is 216 g/mol. The average molecular weight is 236 g/mol. The van der Waals surface area contributed by atoms with Gasteiger partial charge in [0.25, 0.3) is 0 Å². The van der Waals surface area contributed by atoms with Crippen molar-refractivity contribution in [2.45, 2.75) is 12.8 Å². The maximum absolute atomic E-state index is 11.8. The standard InChI is InChI=1S/C13H20N2O2/c1-14-8-3-9-15(2)13(17)10-11-4-6-12(16)7-5-11/h4-7,14,16H,3,8-10H2,1-2H3. The largest absolute Gasteiger partial charge is 0.508 e. The first-order chi connectivity index (χ1) is 8.13. The Kier molecular flexibility index (Phi) is 5.49. The molecule has 0 saturated heterocycles. The van der Waals surface area contributed by atoms with E-state index in [2.05, 4.69) is 5.32 Å².